The number of carbonyl (C=O) groups is 4. The summed E-state index contributed by atoms with van der Waals surface area (Å²) in [4.78, 5) is 54.2. The smallest absolute Gasteiger partial charge is 0.229 e. The topological polar surface area (TPSA) is 74.8 Å². The first-order valence-corrected chi connectivity index (χ1v) is 14.3. The van der Waals surface area contributed by atoms with Gasteiger partial charge < -0.3 is 0 Å². The third-order valence-electron chi connectivity index (χ3n) is 7.30. The minimum Gasteiger partial charge on any atom is -0.283 e. The van der Waals surface area contributed by atoms with Crippen LogP contribution in [-0.4, -0.2) is 46.5 Å². The van der Waals surface area contributed by atoms with E-state index in [2.05, 4.69) is 0 Å². The molecule has 0 saturated carbocycles. The lowest BCUT2D eigenvalue weighted by atomic mass is 10.1. The minimum atomic E-state index is -0.258. The number of nitrogens with zero attached hydrogens (tertiary/aromatic N) is 2. The van der Waals surface area contributed by atoms with Crippen LogP contribution in [0.2, 0.25) is 0 Å². The van der Waals surface area contributed by atoms with Gasteiger partial charge in [0.15, 0.2) is 0 Å². The van der Waals surface area contributed by atoms with Crippen LogP contribution in [0.25, 0.3) is 0 Å². The molecular formula is C28H48N2O4. The highest BCUT2D eigenvalue weighted by molar-refractivity contribution is 5.99. The molecule has 0 atom stereocenters. The summed E-state index contributed by atoms with van der Waals surface area (Å²) in [6.45, 7) is 0.906. The van der Waals surface area contributed by atoms with E-state index in [0.717, 1.165) is 77.0 Å². The molecule has 2 heterocycles. The summed E-state index contributed by atoms with van der Waals surface area (Å²) in [6.07, 6.45) is 20.3. The average molecular weight is 477 g/mol. The number of amides is 4. The van der Waals surface area contributed by atoms with Crippen LogP contribution in [-0.2, 0) is 19.2 Å². The Morgan fingerprint density at radius 2 is 0.706 bits per heavy atom. The molecule has 2 aliphatic heterocycles. The Morgan fingerprint density at radius 1 is 0.441 bits per heavy atom. The van der Waals surface area contributed by atoms with Crippen molar-refractivity contribution >= 4 is 23.6 Å². The molecular weight excluding hydrogens is 428 g/mol. The number of hydrogen-bond donors (Lipinski definition) is 0. The van der Waals surface area contributed by atoms with Crippen molar-refractivity contribution in [1.29, 1.82) is 0 Å². The van der Waals surface area contributed by atoms with E-state index in [1.807, 2.05) is 0 Å². The maximum atomic E-state index is 13.0. The second kappa shape index (κ2) is 17.7. The summed E-state index contributed by atoms with van der Waals surface area (Å²) < 4.78 is 0. The fraction of sp³-hybridized carbons (Fsp3) is 0.857. The van der Waals surface area contributed by atoms with Crippen LogP contribution in [0.4, 0.5) is 0 Å². The predicted molar refractivity (Wildman–Crippen MR) is 135 cm³/mol. The number of carbonyl (C=O) groups excluding carboxylic acids is 4. The van der Waals surface area contributed by atoms with Crippen molar-refractivity contribution in [2.75, 3.05) is 13.1 Å². The van der Waals surface area contributed by atoms with Gasteiger partial charge in [0.25, 0.3) is 0 Å². The molecule has 0 aromatic heterocycles. The van der Waals surface area contributed by atoms with E-state index in [9.17, 15) is 19.2 Å². The van der Waals surface area contributed by atoms with Gasteiger partial charge in [-0.25, -0.2) is 0 Å². The molecule has 194 valence electrons. The summed E-state index contributed by atoms with van der Waals surface area (Å²) in [5.41, 5.74) is 0. The molecule has 0 aromatic rings. The normalized spacial score (nSPS) is 21.8. The molecule has 0 radical (unpaired) electrons. The van der Waals surface area contributed by atoms with Crippen LogP contribution >= 0.6 is 0 Å². The van der Waals surface area contributed by atoms with Gasteiger partial charge in [-0.1, -0.05) is 89.9 Å². The van der Waals surface area contributed by atoms with Crippen LogP contribution in [0.1, 0.15) is 141 Å². The predicted octanol–water partition coefficient (Wildman–Crippen LogP) is 6.31. The van der Waals surface area contributed by atoms with Crippen molar-refractivity contribution in [3.63, 3.8) is 0 Å². The van der Waals surface area contributed by atoms with E-state index >= 15 is 0 Å². The second-order valence-corrected chi connectivity index (χ2v) is 10.2. The van der Waals surface area contributed by atoms with Crippen LogP contribution in [0.3, 0.4) is 0 Å². The number of hydrogen-bond acceptors (Lipinski definition) is 4. The monoisotopic (exact) mass is 476 g/mol. The Kier molecular flexibility index (Phi) is 14.8. The highest BCUT2D eigenvalue weighted by Gasteiger charge is 2.25. The van der Waals surface area contributed by atoms with E-state index in [0.29, 0.717) is 25.9 Å². The summed E-state index contributed by atoms with van der Waals surface area (Å²) >= 11 is 0. The third kappa shape index (κ3) is 11.6. The lowest BCUT2D eigenvalue weighted by Gasteiger charge is -2.23. The zero-order valence-corrected chi connectivity index (χ0v) is 21.5. The Hall–Kier alpha value is -1.72. The summed E-state index contributed by atoms with van der Waals surface area (Å²) in [6, 6.07) is 0. The van der Waals surface area contributed by atoms with Gasteiger partial charge in [0.05, 0.1) is 0 Å². The number of imide groups is 2. The van der Waals surface area contributed by atoms with Crippen LogP contribution in [0.15, 0.2) is 0 Å². The Bertz CT molecular complexity index is 580. The van der Waals surface area contributed by atoms with E-state index in [1.54, 1.807) is 0 Å². The van der Waals surface area contributed by atoms with Crippen LogP contribution in [0.5, 0.6) is 0 Å². The quantitative estimate of drug-likeness (QED) is 0.478. The van der Waals surface area contributed by atoms with Crippen molar-refractivity contribution in [3.8, 4) is 0 Å². The maximum absolute atomic E-state index is 13.0. The van der Waals surface area contributed by atoms with Crippen molar-refractivity contribution in [3.05, 3.63) is 0 Å². The Morgan fingerprint density at radius 3 is 1.03 bits per heavy atom. The standard InChI is InChI=1S/C28H48N2O4/c31-25-19-15-11-7-3-1-5-9-13-17-23-29(25)27(33)21-22-28(34)30-24-18-14-10-6-2-4-8-12-16-20-26(30)32/h1-24H2. The van der Waals surface area contributed by atoms with Crippen LogP contribution < -0.4 is 0 Å². The van der Waals surface area contributed by atoms with Gasteiger partial charge in [-0.05, 0) is 25.7 Å². The lowest BCUT2D eigenvalue weighted by Crippen LogP contribution is -2.40. The van der Waals surface area contributed by atoms with Gasteiger partial charge in [0.1, 0.15) is 0 Å². The first-order valence-electron chi connectivity index (χ1n) is 14.3. The second-order valence-electron chi connectivity index (χ2n) is 10.2. The molecule has 4 amide bonds. The van der Waals surface area contributed by atoms with Crippen molar-refractivity contribution in [2.24, 2.45) is 0 Å². The van der Waals surface area contributed by atoms with Gasteiger partial charge in [-0.15, -0.1) is 0 Å². The van der Waals surface area contributed by atoms with E-state index < -0.39 is 0 Å². The molecule has 0 N–H and O–H groups in total. The molecule has 0 spiro atoms. The van der Waals surface area contributed by atoms with Crippen molar-refractivity contribution in [1.82, 2.24) is 9.80 Å². The van der Waals surface area contributed by atoms with E-state index in [1.165, 1.54) is 48.3 Å². The lowest BCUT2D eigenvalue weighted by molar-refractivity contribution is -0.149. The van der Waals surface area contributed by atoms with E-state index in [-0.39, 0.29) is 36.5 Å². The molecule has 0 bridgehead atoms. The summed E-state index contributed by atoms with van der Waals surface area (Å²) in [7, 11) is 0. The summed E-state index contributed by atoms with van der Waals surface area (Å²) in [5.74, 6) is -0.719. The fourth-order valence-corrected chi connectivity index (χ4v) is 5.10. The molecule has 2 saturated heterocycles. The summed E-state index contributed by atoms with van der Waals surface area (Å²) in [5, 5.41) is 0. The van der Waals surface area contributed by atoms with Gasteiger partial charge in [0.2, 0.25) is 23.6 Å². The molecule has 6 heteroatoms. The molecule has 2 rings (SSSR count). The zero-order chi connectivity index (χ0) is 24.4. The number of rotatable bonds is 3. The third-order valence-corrected chi connectivity index (χ3v) is 7.30. The molecule has 6 nitrogen and oxygen atoms in total. The first-order chi connectivity index (χ1) is 16.6. The molecule has 34 heavy (non-hydrogen) atoms. The van der Waals surface area contributed by atoms with Gasteiger partial charge in [-0.2, -0.15) is 0 Å². The molecule has 2 fully saturated rings. The Balaban J connectivity index is 1.90. The fourth-order valence-electron chi connectivity index (χ4n) is 5.10. The molecule has 0 aliphatic carbocycles. The van der Waals surface area contributed by atoms with Gasteiger partial charge >= 0.3 is 0 Å². The largest absolute Gasteiger partial charge is 0.283 e. The van der Waals surface area contributed by atoms with Gasteiger partial charge in [-0.3, -0.25) is 29.0 Å². The van der Waals surface area contributed by atoms with Gasteiger partial charge in [0, 0.05) is 38.8 Å². The van der Waals surface area contributed by atoms with Crippen LogP contribution in [0, 0.1) is 0 Å². The van der Waals surface area contributed by atoms with Crippen molar-refractivity contribution in [2.45, 2.75) is 141 Å². The Labute approximate surface area is 207 Å². The maximum Gasteiger partial charge on any atom is 0.229 e. The molecule has 2 aliphatic rings. The molecule has 0 unspecified atom stereocenters. The first kappa shape index (κ1) is 28.5. The highest BCUT2D eigenvalue weighted by Crippen LogP contribution is 2.17. The minimum absolute atomic E-state index is 0.00829. The molecule has 0 aromatic carbocycles. The van der Waals surface area contributed by atoms with Crippen molar-refractivity contribution < 1.29 is 19.2 Å². The van der Waals surface area contributed by atoms with E-state index in [4.69, 9.17) is 0 Å². The average Bonchev–Trinajstić information content (AvgIpc) is 2.86. The highest BCUT2D eigenvalue weighted by atomic mass is 16.2. The SMILES string of the molecule is O=C1CCCCCCCCCCCN1C(=O)CCC(=O)N1CCCCCCCCCCCC1=O. The zero-order valence-electron chi connectivity index (χ0n) is 21.5.